The molecule has 9 nitrogen and oxygen atoms in total. The Kier molecular flexibility index (Phi) is 5.44. The number of carbonyl (C=O) groups excluding carboxylic acids is 2. The number of carbonyl (C=O) groups is 2. The van der Waals surface area contributed by atoms with Gasteiger partial charge in [0.25, 0.3) is 5.91 Å². The fraction of sp³-hybridized carbons (Fsp3) is 0.154. The second kappa shape index (κ2) is 8.60. The van der Waals surface area contributed by atoms with Gasteiger partial charge in [-0.15, -0.1) is 0 Å². The third-order valence-electron chi connectivity index (χ3n) is 6.12. The fourth-order valence-electron chi connectivity index (χ4n) is 4.37. The molecule has 5 rings (SSSR count). The smallest absolute Gasteiger partial charge is 0.321 e. The Morgan fingerprint density at radius 2 is 1.77 bits per heavy atom. The minimum absolute atomic E-state index is 0.0972. The van der Waals surface area contributed by atoms with Gasteiger partial charge in [0, 0.05) is 42.6 Å². The van der Waals surface area contributed by atoms with Gasteiger partial charge in [0.1, 0.15) is 17.8 Å². The quantitative estimate of drug-likeness (QED) is 0.385. The summed E-state index contributed by atoms with van der Waals surface area (Å²) in [5, 5.41) is 6.41. The SMILES string of the molecule is C=C(C)C(=O)Nc1ccc(-c2c(-c3ccc(N4CCNC4=O)cc3)c3c(N)ncnc3n2C)cc1. The lowest BCUT2D eigenvalue weighted by Gasteiger charge is -2.15. The standard InChI is InChI=1S/C26H25N7O2/c1-15(2)25(34)31-18-8-4-17(5-9-18)22-20(21-23(27)29-14-30-24(21)32(22)3)16-6-10-19(11-7-16)33-13-12-28-26(33)35/h4-11,14H,1,12-13H2,2-3H3,(H,28,35)(H,31,34)(H2,27,29,30). The number of hydrogen-bond acceptors (Lipinski definition) is 5. The van der Waals surface area contributed by atoms with Crippen LogP contribution in [0, 0.1) is 0 Å². The van der Waals surface area contributed by atoms with Crippen molar-refractivity contribution >= 4 is 40.2 Å². The summed E-state index contributed by atoms with van der Waals surface area (Å²) in [5.41, 5.74) is 12.6. The van der Waals surface area contributed by atoms with E-state index in [0.717, 1.165) is 33.5 Å². The lowest BCUT2D eigenvalue weighted by molar-refractivity contribution is -0.112. The molecular weight excluding hydrogens is 442 g/mol. The Bertz CT molecular complexity index is 1470. The summed E-state index contributed by atoms with van der Waals surface area (Å²) in [6.45, 7) is 6.60. The van der Waals surface area contributed by atoms with Gasteiger partial charge in [0.15, 0.2) is 0 Å². The maximum atomic E-state index is 12.1. The van der Waals surface area contributed by atoms with Crippen molar-refractivity contribution in [1.29, 1.82) is 0 Å². The number of nitrogens with two attached hydrogens (primary N) is 1. The van der Waals surface area contributed by atoms with Crippen LogP contribution in [0.2, 0.25) is 0 Å². The Morgan fingerprint density at radius 1 is 1.09 bits per heavy atom. The predicted molar refractivity (Wildman–Crippen MR) is 138 cm³/mol. The first-order chi connectivity index (χ1) is 16.8. The third-order valence-corrected chi connectivity index (χ3v) is 6.12. The Hall–Kier alpha value is -4.66. The van der Waals surface area contributed by atoms with Crippen molar-refractivity contribution in [2.75, 3.05) is 29.0 Å². The molecule has 3 heterocycles. The highest BCUT2D eigenvalue weighted by Crippen LogP contribution is 2.42. The molecule has 176 valence electrons. The van der Waals surface area contributed by atoms with Gasteiger partial charge in [-0.3, -0.25) is 9.69 Å². The molecule has 0 unspecified atom stereocenters. The summed E-state index contributed by atoms with van der Waals surface area (Å²) < 4.78 is 1.99. The number of aromatic nitrogens is 3. The van der Waals surface area contributed by atoms with E-state index < -0.39 is 0 Å². The number of nitrogens with zero attached hydrogens (tertiary/aromatic N) is 4. The first-order valence-corrected chi connectivity index (χ1v) is 11.2. The van der Waals surface area contributed by atoms with Gasteiger partial charge in [0.05, 0.1) is 11.1 Å². The van der Waals surface area contributed by atoms with E-state index in [1.807, 2.05) is 60.1 Å². The minimum Gasteiger partial charge on any atom is -0.383 e. The lowest BCUT2D eigenvalue weighted by atomic mass is 9.98. The summed E-state index contributed by atoms with van der Waals surface area (Å²) in [7, 11) is 1.94. The van der Waals surface area contributed by atoms with Gasteiger partial charge in [-0.25, -0.2) is 14.8 Å². The van der Waals surface area contributed by atoms with Crippen LogP contribution in [0.3, 0.4) is 0 Å². The highest BCUT2D eigenvalue weighted by molar-refractivity contribution is 6.08. The Morgan fingerprint density at radius 3 is 2.40 bits per heavy atom. The van der Waals surface area contributed by atoms with E-state index in [1.165, 1.54) is 6.33 Å². The van der Waals surface area contributed by atoms with E-state index in [9.17, 15) is 9.59 Å². The topological polar surface area (TPSA) is 118 Å². The van der Waals surface area contributed by atoms with Gasteiger partial charge < -0.3 is 20.9 Å². The Balaban J connectivity index is 1.62. The summed E-state index contributed by atoms with van der Waals surface area (Å²) in [6, 6.07) is 15.3. The Labute approximate surface area is 202 Å². The monoisotopic (exact) mass is 467 g/mol. The van der Waals surface area contributed by atoms with Crippen LogP contribution in [-0.2, 0) is 11.8 Å². The van der Waals surface area contributed by atoms with Gasteiger partial charge in [-0.1, -0.05) is 30.8 Å². The summed E-state index contributed by atoms with van der Waals surface area (Å²) in [5.74, 6) is 0.165. The number of urea groups is 1. The fourth-order valence-corrected chi connectivity index (χ4v) is 4.37. The molecule has 1 aliphatic rings. The molecule has 4 N–H and O–H groups in total. The zero-order chi connectivity index (χ0) is 24.7. The first-order valence-electron chi connectivity index (χ1n) is 11.2. The molecule has 4 aromatic rings. The van der Waals surface area contributed by atoms with Crippen molar-refractivity contribution in [3.63, 3.8) is 0 Å². The van der Waals surface area contributed by atoms with E-state index in [-0.39, 0.29) is 11.9 Å². The number of nitrogen functional groups attached to an aromatic ring is 1. The second-order valence-corrected chi connectivity index (χ2v) is 8.48. The number of nitrogens with one attached hydrogen (secondary N) is 2. The molecule has 2 aromatic heterocycles. The lowest BCUT2D eigenvalue weighted by Crippen LogP contribution is -2.27. The van der Waals surface area contributed by atoms with Crippen LogP contribution in [-0.4, -0.2) is 39.6 Å². The maximum absolute atomic E-state index is 12.1. The van der Waals surface area contributed by atoms with Crippen molar-refractivity contribution < 1.29 is 9.59 Å². The van der Waals surface area contributed by atoms with E-state index in [0.29, 0.717) is 35.8 Å². The highest BCUT2D eigenvalue weighted by Gasteiger charge is 2.24. The van der Waals surface area contributed by atoms with E-state index in [1.54, 1.807) is 11.8 Å². The number of aryl methyl sites for hydroxylation is 1. The maximum Gasteiger partial charge on any atom is 0.321 e. The molecular formula is C26H25N7O2. The van der Waals surface area contributed by atoms with E-state index in [4.69, 9.17) is 5.73 Å². The van der Waals surface area contributed by atoms with Crippen LogP contribution in [0.4, 0.5) is 22.0 Å². The average Bonchev–Trinajstić information content (AvgIpc) is 3.41. The van der Waals surface area contributed by atoms with Crippen LogP contribution in [0.25, 0.3) is 33.4 Å². The molecule has 1 saturated heterocycles. The van der Waals surface area contributed by atoms with Crippen LogP contribution in [0.1, 0.15) is 6.92 Å². The van der Waals surface area contributed by atoms with Crippen molar-refractivity contribution in [2.24, 2.45) is 7.05 Å². The zero-order valence-corrected chi connectivity index (χ0v) is 19.5. The number of anilines is 3. The molecule has 0 radical (unpaired) electrons. The van der Waals surface area contributed by atoms with Crippen molar-refractivity contribution in [3.8, 4) is 22.4 Å². The van der Waals surface area contributed by atoms with Crippen molar-refractivity contribution in [1.82, 2.24) is 19.9 Å². The third kappa shape index (κ3) is 3.86. The number of fused-ring (bicyclic) bond motifs is 1. The molecule has 0 saturated carbocycles. The van der Waals surface area contributed by atoms with Gasteiger partial charge in [0.2, 0.25) is 0 Å². The minimum atomic E-state index is -0.224. The van der Waals surface area contributed by atoms with Gasteiger partial charge in [-0.05, 0) is 42.3 Å². The first kappa shape index (κ1) is 22.1. The molecule has 0 bridgehead atoms. The predicted octanol–water partition coefficient (Wildman–Crippen LogP) is 3.93. The molecule has 35 heavy (non-hydrogen) atoms. The number of benzene rings is 2. The van der Waals surface area contributed by atoms with Crippen molar-refractivity contribution in [2.45, 2.75) is 6.92 Å². The van der Waals surface area contributed by atoms with Crippen LogP contribution >= 0.6 is 0 Å². The summed E-state index contributed by atoms with van der Waals surface area (Å²) in [6.07, 6.45) is 1.45. The molecule has 0 spiro atoms. The molecule has 1 fully saturated rings. The molecule has 9 heteroatoms. The zero-order valence-electron chi connectivity index (χ0n) is 19.5. The molecule has 2 aromatic carbocycles. The highest BCUT2D eigenvalue weighted by atomic mass is 16.2. The second-order valence-electron chi connectivity index (χ2n) is 8.48. The van der Waals surface area contributed by atoms with Gasteiger partial charge in [-0.2, -0.15) is 0 Å². The largest absolute Gasteiger partial charge is 0.383 e. The number of amides is 3. The summed E-state index contributed by atoms with van der Waals surface area (Å²) in [4.78, 5) is 34.5. The molecule has 0 aliphatic carbocycles. The van der Waals surface area contributed by atoms with Gasteiger partial charge >= 0.3 is 6.03 Å². The van der Waals surface area contributed by atoms with Crippen LogP contribution < -0.4 is 21.3 Å². The molecule has 1 aliphatic heterocycles. The average molecular weight is 468 g/mol. The number of hydrogen-bond donors (Lipinski definition) is 3. The van der Waals surface area contributed by atoms with E-state index in [2.05, 4.69) is 27.2 Å². The van der Waals surface area contributed by atoms with Crippen LogP contribution in [0.5, 0.6) is 0 Å². The number of rotatable bonds is 5. The van der Waals surface area contributed by atoms with Crippen molar-refractivity contribution in [3.05, 3.63) is 67.0 Å². The van der Waals surface area contributed by atoms with Crippen LogP contribution in [0.15, 0.2) is 67.0 Å². The normalized spacial score (nSPS) is 13.2. The molecule has 3 amide bonds. The molecule has 0 atom stereocenters. The van der Waals surface area contributed by atoms with E-state index >= 15 is 0 Å². The summed E-state index contributed by atoms with van der Waals surface area (Å²) >= 11 is 0.